The largest absolute Gasteiger partial charge is 0.456 e. The average Bonchev–Trinajstić information content (AvgIpc) is 3.97. The number of fused-ring (bicyclic) bond motifs is 14. The van der Waals surface area contributed by atoms with E-state index >= 15 is 0 Å². The SMILES string of the molecule is C=CC/C(=C\C=C/C)c1nc(-c2ccccc2)nc(-c2cccc3c2-c2ccccc2C32C3=C(c4ccccc42)c2oc4ccc(-c5nc(-c6ccccc6)c6ccccc6n5)cc4c2CC=C3)n1. The second-order valence-corrected chi connectivity index (χ2v) is 17.7. The minimum absolute atomic E-state index is 0.610. The molecule has 0 bridgehead atoms. The van der Waals surface area contributed by atoms with Crippen LogP contribution in [0.2, 0.25) is 0 Å². The summed E-state index contributed by atoms with van der Waals surface area (Å²) in [6, 6.07) is 59.6. The van der Waals surface area contributed by atoms with Gasteiger partial charge in [0.05, 0.1) is 16.6 Å². The second-order valence-electron chi connectivity index (χ2n) is 17.7. The summed E-state index contributed by atoms with van der Waals surface area (Å²) in [5, 5.41) is 2.09. The van der Waals surface area contributed by atoms with E-state index in [0.717, 1.165) is 89.0 Å². The topological polar surface area (TPSA) is 77.6 Å². The van der Waals surface area contributed by atoms with Crippen molar-refractivity contribution < 1.29 is 4.42 Å². The Morgan fingerprint density at radius 2 is 1.29 bits per heavy atom. The molecule has 0 fully saturated rings. The number of rotatable bonds is 8. The van der Waals surface area contributed by atoms with Gasteiger partial charge in [0.25, 0.3) is 0 Å². The Labute approximate surface area is 400 Å². The average molecular weight is 886 g/mol. The van der Waals surface area contributed by atoms with E-state index in [9.17, 15) is 0 Å². The van der Waals surface area contributed by atoms with Crippen LogP contribution in [-0.4, -0.2) is 24.9 Å². The van der Waals surface area contributed by atoms with Gasteiger partial charge < -0.3 is 4.42 Å². The van der Waals surface area contributed by atoms with Gasteiger partial charge in [-0.05, 0) is 83.0 Å². The highest BCUT2D eigenvalue weighted by Crippen LogP contribution is 2.65. The molecule has 0 saturated heterocycles. The fourth-order valence-electron chi connectivity index (χ4n) is 11.0. The molecular formula is C63H43N5O. The molecule has 3 heterocycles. The van der Waals surface area contributed by atoms with Gasteiger partial charge in [0.15, 0.2) is 23.3 Å². The minimum Gasteiger partial charge on any atom is -0.456 e. The van der Waals surface area contributed by atoms with Crippen LogP contribution in [0.1, 0.15) is 52.7 Å². The number of furan rings is 1. The molecule has 0 N–H and O–H groups in total. The maximum Gasteiger partial charge on any atom is 0.164 e. The number of hydrogen-bond acceptors (Lipinski definition) is 6. The Morgan fingerprint density at radius 3 is 2.10 bits per heavy atom. The van der Waals surface area contributed by atoms with Crippen LogP contribution in [0.3, 0.4) is 0 Å². The Balaban J connectivity index is 1.02. The van der Waals surface area contributed by atoms with Crippen molar-refractivity contribution in [3.05, 3.63) is 258 Å². The van der Waals surface area contributed by atoms with Crippen molar-refractivity contribution >= 4 is 33.0 Å². The van der Waals surface area contributed by atoms with Crippen molar-refractivity contribution in [3.63, 3.8) is 0 Å². The number of benzene rings is 7. The lowest BCUT2D eigenvalue weighted by atomic mass is 9.69. The van der Waals surface area contributed by atoms with Crippen LogP contribution in [0, 0.1) is 0 Å². The fraction of sp³-hybridized carbons (Fsp3) is 0.0635. The third-order valence-electron chi connectivity index (χ3n) is 13.9. The Morgan fingerprint density at radius 1 is 0.609 bits per heavy atom. The summed E-state index contributed by atoms with van der Waals surface area (Å²) >= 11 is 0. The summed E-state index contributed by atoms with van der Waals surface area (Å²) in [5.74, 6) is 3.45. The quantitative estimate of drug-likeness (QED) is 0.112. The lowest BCUT2D eigenvalue weighted by Gasteiger charge is -2.31. The number of allylic oxidation sites excluding steroid dienone is 8. The van der Waals surface area contributed by atoms with Crippen molar-refractivity contribution in [3.8, 4) is 56.5 Å². The zero-order valence-corrected chi connectivity index (χ0v) is 37.9. The highest BCUT2D eigenvalue weighted by atomic mass is 16.3. The van der Waals surface area contributed by atoms with Crippen molar-refractivity contribution in [1.29, 1.82) is 0 Å². The lowest BCUT2D eigenvalue weighted by molar-refractivity contribution is 0.596. The van der Waals surface area contributed by atoms with Gasteiger partial charge in [-0.25, -0.2) is 24.9 Å². The number of aromatic nitrogens is 5. The van der Waals surface area contributed by atoms with Crippen molar-refractivity contribution in [2.45, 2.75) is 25.2 Å². The third kappa shape index (κ3) is 6.22. The minimum atomic E-state index is -0.652. The molecule has 6 heteroatoms. The summed E-state index contributed by atoms with van der Waals surface area (Å²) in [6.45, 7) is 6.08. The van der Waals surface area contributed by atoms with Gasteiger partial charge >= 0.3 is 0 Å². The standard InChI is InChI=1S/C63H43N5O/c1-3-5-21-40(20-4-2)59-66-60(41-24-10-7-11-25-41)68-62(67-59)47-30-19-33-51-55(47)44-26-12-15-31-49(44)63(51)50-32-16-13-27-45(50)56-52(63)34-18-29-43-48-38-42(36-37-54(48)69-58(43)56)61-64-53-35-17-14-28-46(53)57(65-61)39-22-8-6-9-23-39/h3-19,21-28,30-38H,2,20,29H2,1H3/b5-3-,40-21+. The molecular weight excluding hydrogens is 843 g/mol. The van der Waals surface area contributed by atoms with Crippen LogP contribution in [-0.2, 0) is 11.8 Å². The van der Waals surface area contributed by atoms with Crippen molar-refractivity contribution in [1.82, 2.24) is 24.9 Å². The van der Waals surface area contributed by atoms with E-state index in [1.165, 1.54) is 22.3 Å². The number of hydrogen-bond donors (Lipinski definition) is 0. The smallest absolute Gasteiger partial charge is 0.164 e. The molecule has 3 aliphatic carbocycles. The molecule has 13 rings (SSSR count). The first-order chi connectivity index (χ1) is 34.1. The summed E-state index contributed by atoms with van der Waals surface area (Å²) < 4.78 is 7.12. The van der Waals surface area contributed by atoms with Gasteiger partial charge in [0, 0.05) is 49.7 Å². The normalized spacial score (nSPS) is 15.6. The maximum atomic E-state index is 7.12. The van der Waals surface area contributed by atoms with Crippen molar-refractivity contribution in [2.75, 3.05) is 0 Å². The number of para-hydroxylation sites is 1. The molecule has 1 unspecified atom stereocenters. The van der Waals surface area contributed by atoms with Crippen LogP contribution < -0.4 is 0 Å². The van der Waals surface area contributed by atoms with Gasteiger partial charge in [-0.15, -0.1) is 6.58 Å². The van der Waals surface area contributed by atoms with Crippen LogP contribution in [0.15, 0.2) is 223 Å². The van der Waals surface area contributed by atoms with Gasteiger partial charge in [-0.1, -0.05) is 182 Å². The zero-order valence-electron chi connectivity index (χ0n) is 37.9. The summed E-state index contributed by atoms with van der Waals surface area (Å²) in [6.07, 6.45) is 14.0. The number of nitrogens with zero attached hydrogens (tertiary/aromatic N) is 5. The molecule has 326 valence electrons. The molecule has 3 aliphatic rings. The van der Waals surface area contributed by atoms with E-state index in [4.69, 9.17) is 29.3 Å². The van der Waals surface area contributed by atoms with E-state index in [0.29, 0.717) is 36.1 Å². The van der Waals surface area contributed by atoms with E-state index in [1.54, 1.807) is 0 Å². The molecule has 6 nitrogen and oxygen atoms in total. The van der Waals surface area contributed by atoms with Crippen molar-refractivity contribution in [2.24, 2.45) is 0 Å². The van der Waals surface area contributed by atoms with Gasteiger partial charge in [-0.3, -0.25) is 0 Å². The van der Waals surface area contributed by atoms with Gasteiger partial charge in [-0.2, -0.15) is 0 Å². The molecule has 0 aliphatic heterocycles. The fourth-order valence-corrected chi connectivity index (χ4v) is 11.0. The first-order valence-corrected chi connectivity index (χ1v) is 23.5. The lowest BCUT2D eigenvalue weighted by Crippen LogP contribution is -2.26. The van der Waals surface area contributed by atoms with Crippen LogP contribution in [0.4, 0.5) is 0 Å². The summed E-state index contributed by atoms with van der Waals surface area (Å²) in [5.41, 5.74) is 17.4. The highest BCUT2D eigenvalue weighted by Gasteiger charge is 2.54. The molecule has 0 amide bonds. The molecule has 0 saturated carbocycles. The molecule has 0 radical (unpaired) electrons. The molecule has 1 atom stereocenters. The molecule has 10 aromatic rings. The second kappa shape index (κ2) is 16.2. The van der Waals surface area contributed by atoms with Crippen LogP contribution >= 0.6 is 0 Å². The van der Waals surface area contributed by atoms with E-state index in [2.05, 4.69) is 158 Å². The Hall–Kier alpha value is -8.87. The van der Waals surface area contributed by atoms with Gasteiger partial charge in [0.1, 0.15) is 11.3 Å². The van der Waals surface area contributed by atoms with Crippen LogP contribution in [0.5, 0.6) is 0 Å². The zero-order chi connectivity index (χ0) is 46.1. The molecule has 7 aromatic carbocycles. The monoisotopic (exact) mass is 885 g/mol. The summed E-state index contributed by atoms with van der Waals surface area (Å²) in [7, 11) is 0. The van der Waals surface area contributed by atoms with E-state index in [-0.39, 0.29) is 0 Å². The first kappa shape index (κ1) is 40.4. The highest BCUT2D eigenvalue weighted by molar-refractivity contribution is 6.04. The van der Waals surface area contributed by atoms with Crippen LogP contribution in [0.25, 0.3) is 89.6 Å². The van der Waals surface area contributed by atoms with E-state index < -0.39 is 5.41 Å². The molecule has 69 heavy (non-hydrogen) atoms. The van der Waals surface area contributed by atoms with Gasteiger partial charge in [0.2, 0.25) is 0 Å². The Bertz CT molecular complexity index is 3880. The third-order valence-corrected chi connectivity index (χ3v) is 13.9. The first-order valence-electron chi connectivity index (χ1n) is 23.5. The summed E-state index contributed by atoms with van der Waals surface area (Å²) in [4.78, 5) is 26.0. The van der Waals surface area contributed by atoms with E-state index in [1.807, 2.05) is 61.5 Å². The Kier molecular flexibility index (Phi) is 9.47. The predicted molar refractivity (Wildman–Crippen MR) is 279 cm³/mol. The maximum absolute atomic E-state index is 7.12. The molecule has 3 aromatic heterocycles. The molecule has 1 spiro atoms. The predicted octanol–water partition coefficient (Wildman–Crippen LogP) is 15.0.